The van der Waals surface area contributed by atoms with Gasteiger partial charge < -0.3 is 9.88 Å². The van der Waals surface area contributed by atoms with Crippen LogP contribution in [0.2, 0.25) is 5.02 Å². The lowest BCUT2D eigenvalue weighted by Crippen LogP contribution is -2.32. The quantitative estimate of drug-likeness (QED) is 0.478. The van der Waals surface area contributed by atoms with Crippen molar-refractivity contribution in [2.45, 2.75) is 6.42 Å². The number of thiocarbonyl (C=S) groups is 1. The van der Waals surface area contributed by atoms with Gasteiger partial charge in [0.25, 0.3) is 0 Å². The van der Waals surface area contributed by atoms with E-state index in [-0.39, 0.29) is 0 Å². The van der Waals surface area contributed by atoms with E-state index in [1.807, 2.05) is 84.9 Å². The van der Waals surface area contributed by atoms with Gasteiger partial charge in [-0.15, -0.1) is 0 Å². The highest BCUT2D eigenvalue weighted by molar-refractivity contribution is 8.07. The smallest absolute Gasteiger partial charge is 0.196 e. The van der Waals surface area contributed by atoms with E-state index in [0.717, 1.165) is 27.6 Å². The van der Waals surface area contributed by atoms with Gasteiger partial charge in [0.1, 0.15) is 4.73 Å². The molecule has 0 radical (unpaired) electrons. The number of benzene rings is 3. The van der Waals surface area contributed by atoms with Gasteiger partial charge in [0.15, 0.2) is 7.14 Å². The molecule has 0 atom stereocenters. The molecule has 26 heavy (non-hydrogen) atoms. The molecule has 0 saturated carbocycles. The lowest BCUT2D eigenvalue weighted by Gasteiger charge is -2.21. The van der Waals surface area contributed by atoms with Crippen molar-refractivity contribution < 1.29 is 4.57 Å². The molecule has 0 aliphatic heterocycles. The highest BCUT2D eigenvalue weighted by Crippen LogP contribution is 2.44. The molecule has 3 rings (SSSR count). The molecule has 0 bridgehead atoms. The Bertz CT molecular complexity index is 870. The van der Waals surface area contributed by atoms with Crippen LogP contribution in [0.15, 0.2) is 84.9 Å². The molecule has 0 amide bonds. The normalized spacial score (nSPS) is 11.1. The Morgan fingerprint density at radius 2 is 1.35 bits per heavy atom. The lowest BCUT2D eigenvalue weighted by atomic mass is 10.1. The van der Waals surface area contributed by atoms with Crippen LogP contribution in [0, 0.1) is 0 Å². The van der Waals surface area contributed by atoms with Gasteiger partial charge >= 0.3 is 0 Å². The molecule has 132 valence electrons. The van der Waals surface area contributed by atoms with Crippen LogP contribution in [0.25, 0.3) is 0 Å². The van der Waals surface area contributed by atoms with Gasteiger partial charge in [-0.2, -0.15) is 0 Å². The van der Waals surface area contributed by atoms with E-state index in [1.165, 1.54) is 0 Å². The third-order valence-electron chi connectivity index (χ3n) is 4.13. The largest absolute Gasteiger partial charge is 0.373 e. The van der Waals surface area contributed by atoms with Crippen LogP contribution >= 0.6 is 31.0 Å². The van der Waals surface area contributed by atoms with Crippen molar-refractivity contribution in [2.75, 3.05) is 6.54 Å². The van der Waals surface area contributed by atoms with Crippen molar-refractivity contribution in [3.8, 4) is 0 Å². The van der Waals surface area contributed by atoms with Gasteiger partial charge in [0.2, 0.25) is 0 Å². The van der Waals surface area contributed by atoms with Crippen LogP contribution in [-0.2, 0) is 11.0 Å². The summed E-state index contributed by atoms with van der Waals surface area (Å²) < 4.78 is 14.4. The summed E-state index contributed by atoms with van der Waals surface area (Å²) in [7, 11) is -3.04. The minimum atomic E-state index is -3.04. The molecule has 0 aromatic heterocycles. The van der Waals surface area contributed by atoms with E-state index < -0.39 is 7.14 Å². The predicted molar refractivity (Wildman–Crippen MR) is 116 cm³/mol. The first-order chi connectivity index (χ1) is 12.6. The molecule has 0 unspecified atom stereocenters. The first kappa shape index (κ1) is 18.8. The molecular weight excluding hydrogens is 381 g/mol. The van der Waals surface area contributed by atoms with Gasteiger partial charge in [-0.3, -0.25) is 0 Å². The molecule has 0 aliphatic rings. The fourth-order valence-electron chi connectivity index (χ4n) is 2.74. The van der Waals surface area contributed by atoms with Crippen LogP contribution in [0.1, 0.15) is 5.56 Å². The minimum Gasteiger partial charge on any atom is -0.373 e. The second-order valence-corrected chi connectivity index (χ2v) is 9.73. The first-order valence-corrected chi connectivity index (χ1v) is 10.8. The van der Waals surface area contributed by atoms with Gasteiger partial charge in [-0.25, -0.2) is 0 Å². The van der Waals surface area contributed by atoms with Crippen molar-refractivity contribution in [2.24, 2.45) is 0 Å². The van der Waals surface area contributed by atoms with E-state index in [2.05, 4.69) is 5.32 Å². The number of hydrogen-bond donors (Lipinski definition) is 1. The van der Waals surface area contributed by atoms with Crippen molar-refractivity contribution in [1.29, 1.82) is 0 Å². The standard InChI is InChI=1S/C21H19ClNOPS/c22-18-13-11-17(12-14-18)15-16-23-21(26)25(24,19-7-3-1-4-8-19)20-9-5-2-6-10-20/h1-14H,15-16H2,(H,23,26). The third kappa shape index (κ3) is 4.24. The maximum atomic E-state index is 14.0. The molecule has 3 aromatic carbocycles. The highest BCUT2D eigenvalue weighted by Gasteiger charge is 2.32. The zero-order chi connectivity index (χ0) is 18.4. The highest BCUT2D eigenvalue weighted by atomic mass is 35.5. The van der Waals surface area contributed by atoms with Gasteiger partial charge in [-0.05, 0) is 24.1 Å². The Morgan fingerprint density at radius 3 is 1.85 bits per heavy atom. The zero-order valence-electron chi connectivity index (χ0n) is 14.1. The van der Waals surface area contributed by atoms with Gasteiger partial charge in [-0.1, -0.05) is 96.6 Å². The molecule has 0 heterocycles. The maximum absolute atomic E-state index is 14.0. The monoisotopic (exact) mass is 399 g/mol. The summed E-state index contributed by atoms with van der Waals surface area (Å²) in [5, 5.41) is 5.43. The van der Waals surface area contributed by atoms with Crippen molar-refractivity contribution in [3.63, 3.8) is 0 Å². The molecule has 3 aromatic rings. The Balaban J connectivity index is 1.80. The van der Waals surface area contributed by atoms with Crippen molar-refractivity contribution in [1.82, 2.24) is 5.32 Å². The summed E-state index contributed by atoms with van der Waals surface area (Å²) in [6, 6.07) is 26.6. The summed E-state index contributed by atoms with van der Waals surface area (Å²) in [5.74, 6) is 0. The second-order valence-electron chi connectivity index (χ2n) is 5.89. The maximum Gasteiger partial charge on any atom is 0.196 e. The van der Waals surface area contributed by atoms with Crippen molar-refractivity contribution >= 4 is 46.3 Å². The molecule has 0 spiro atoms. The summed E-state index contributed by atoms with van der Waals surface area (Å²) in [4.78, 5) is 0. The second kappa shape index (κ2) is 8.64. The lowest BCUT2D eigenvalue weighted by molar-refractivity contribution is 0.593. The van der Waals surface area contributed by atoms with Crippen LogP contribution in [0.4, 0.5) is 0 Å². The van der Waals surface area contributed by atoms with E-state index in [4.69, 9.17) is 23.8 Å². The van der Waals surface area contributed by atoms with Crippen LogP contribution < -0.4 is 15.9 Å². The fourth-order valence-corrected chi connectivity index (χ4v) is 5.88. The number of nitrogens with one attached hydrogen (secondary N) is 1. The van der Waals surface area contributed by atoms with Gasteiger partial charge in [0, 0.05) is 22.2 Å². The summed E-state index contributed by atoms with van der Waals surface area (Å²) in [6.45, 7) is 0.615. The zero-order valence-corrected chi connectivity index (χ0v) is 16.6. The van der Waals surface area contributed by atoms with Crippen LogP contribution in [0.5, 0.6) is 0 Å². The summed E-state index contributed by atoms with van der Waals surface area (Å²) >= 11 is 11.5. The molecule has 5 heteroatoms. The average molecular weight is 400 g/mol. The molecule has 2 nitrogen and oxygen atoms in total. The van der Waals surface area contributed by atoms with E-state index >= 15 is 0 Å². The Morgan fingerprint density at radius 1 is 0.846 bits per heavy atom. The molecular formula is C21H19ClNOPS. The van der Waals surface area contributed by atoms with E-state index in [0.29, 0.717) is 11.3 Å². The summed E-state index contributed by atoms with van der Waals surface area (Å²) in [6.07, 6.45) is 0.779. The third-order valence-corrected chi connectivity index (χ3v) is 8.08. The Kier molecular flexibility index (Phi) is 6.26. The summed E-state index contributed by atoms with van der Waals surface area (Å²) in [5.41, 5.74) is 1.15. The first-order valence-electron chi connectivity index (χ1n) is 8.35. The fraction of sp³-hybridized carbons (Fsp3) is 0.0952. The topological polar surface area (TPSA) is 29.1 Å². The molecule has 0 aliphatic carbocycles. The van der Waals surface area contributed by atoms with E-state index in [1.54, 1.807) is 0 Å². The SMILES string of the molecule is O=P(C(=S)NCCc1ccc(Cl)cc1)(c1ccccc1)c1ccccc1. The number of hydrogen-bond acceptors (Lipinski definition) is 2. The molecule has 0 fully saturated rings. The van der Waals surface area contributed by atoms with E-state index in [9.17, 15) is 4.57 Å². The van der Waals surface area contributed by atoms with Crippen LogP contribution in [0.3, 0.4) is 0 Å². The molecule has 0 saturated heterocycles. The van der Waals surface area contributed by atoms with Crippen LogP contribution in [-0.4, -0.2) is 11.3 Å². The Hall–Kier alpha value is -1.93. The molecule has 1 N–H and O–H groups in total. The predicted octanol–water partition coefficient (Wildman–Crippen LogP) is 4.77. The minimum absolute atomic E-state index is 0.392. The van der Waals surface area contributed by atoms with Crippen molar-refractivity contribution in [3.05, 3.63) is 95.5 Å². The Labute approximate surface area is 164 Å². The number of rotatable bonds is 6. The number of halogens is 1. The average Bonchev–Trinajstić information content (AvgIpc) is 2.70. The van der Waals surface area contributed by atoms with Gasteiger partial charge in [0.05, 0.1) is 0 Å².